The third-order valence-corrected chi connectivity index (χ3v) is 5.30. The van der Waals surface area contributed by atoms with Crippen molar-refractivity contribution in [1.82, 2.24) is 0 Å². The quantitative estimate of drug-likeness (QED) is 0.484. The van der Waals surface area contributed by atoms with Crippen LogP contribution in [0, 0.1) is 33.5 Å². The first-order chi connectivity index (χ1) is 7.70. The molecule has 1 rings (SSSR count). The van der Waals surface area contributed by atoms with Crippen LogP contribution < -0.4 is 0 Å². The summed E-state index contributed by atoms with van der Waals surface area (Å²) in [7, 11) is 0. The largest absolute Gasteiger partial charge is 0.0599 e. The Hall–Kier alpha value is 0. The Morgan fingerprint density at radius 1 is 0.611 bits per heavy atom. The molecule has 1 aliphatic carbocycles. The topological polar surface area (TPSA) is 0 Å². The van der Waals surface area contributed by atoms with Gasteiger partial charge in [-0.05, 0) is 46.3 Å². The first-order valence-electron chi connectivity index (χ1n) is 7.70. The van der Waals surface area contributed by atoms with Crippen LogP contribution in [0.5, 0.6) is 0 Å². The highest BCUT2D eigenvalue weighted by molar-refractivity contribution is 5.03. The second-order valence-electron chi connectivity index (χ2n) is 10.2. The van der Waals surface area contributed by atoms with Gasteiger partial charge in [-0.3, -0.25) is 0 Å². The lowest BCUT2D eigenvalue weighted by Crippen LogP contribution is -2.54. The highest BCUT2D eigenvalue weighted by Crippen LogP contribution is 2.62. The van der Waals surface area contributed by atoms with Crippen molar-refractivity contribution in [2.45, 2.75) is 82.1 Å². The minimum Gasteiger partial charge on any atom is -0.0599 e. The average molecular weight is 252 g/mol. The van der Waals surface area contributed by atoms with Crippen molar-refractivity contribution in [2.24, 2.45) is 33.5 Å². The van der Waals surface area contributed by atoms with Gasteiger partial charge in [-0.2, -0.15) is 0 Å². The van der Waals surface area contributed by atoms with E-state index >= 15 is 0 Å². The molecular weight excluding hydrogens is 216 g/mol. The van der Waals surface area contributed by atoms with Crippen LogP contribution in [0.25, 0.3) is 0 Å². The Labute approximate surface area is 116 Å². The number of hydrogen-bond acceptors (Lipinski definition) is 0. The zero-order valence-electron chi connectivity index (χ0n) is 14.6. The van der Waals surface area contributed by atoms with Gasteiger partial charge < -0.3 is 0 Å². The summed E-state index contributed by atoms with van der Waals surface area (Å²) in [6.45, 7) is 24.7. The fourth-order valence-electron chi connectivity index (χ4n) is 5.20. The Kier molecular flexibility index (Phi) is 3.79. The lowest BCUT2D eigenvalue weighted by Gasteiger charge is -2.61. The van der Waals surface area contributed by atoms with Crippen LogP contribution >= 0.6 is 0 Å². The molecule has 0 saturated heterocycles. The first kappa shape index (κ1) is 16.1. The monoisotopic (exact) mass is 252 g/mol. The summed E-state index contributed by atoms with van der Waals surface area (Å²) in [5.74, 6) is 1.57. The fourth-order valence-corrected chi connectivity index (χ4v) is 5.20. The molecule has 1 saturated carbocycles. The summed E-state index contributed by atoms with van der Waals surface area (Å²) in [5, 5.41) is 0. The van der Waals surface area contributed by atoms with E-state index < -0.39 is 0 Å². The summed E-state index contributed by atoms with van der Waals surface area (Å²) in [4.78, 5) is 0. The fraction of sp³-hybridized carbons (Fsp3) is 1.00. The molecule has 0 bridgehead atoms. The van der Waals surface area contributed by atoms with Gasteiger partial charge in [0.2, 0.25) is 0 Å². The van der Waals surface area contributed by atoms with Crippen molar-refractivity contribution < 1.29 is 0 Å². The molecule has 18 heavy (non-hydrogen) atoms. The third-order valence-electron chi connectivity index (χ3n) is 5.30. The van der Waals surface area contributed by atoms with E-state index in [-0.39, 0.29) is 0 Å². The molecule has 0 heteroatoms. The smallest absolute Gasteiger partial charge is 0.0275 e. The minimum absolute atomic E-state index is 0.388. The van der Waals surface area contributed by atoms with Gasteiger partial charge in [0.1, 0.15) is 0 Å². The van der Waals surface area contributed by atoms with Gasteiger partial charge >= 0.3 is 0 Å². The molecular formula is C18H36. The third kappa shape index (κ3) is 2.94. The zero-order chi connectivity index (χ0) is 14.6. The van der Waals surface area contributed by atoms with Crippen molar-refractivity contribution in [3.8, 4) is 0 Å². The highest BCUT2D eigenvalue weighted by atomic mass is 14.6. The van der Waals surface area contributed by atoms with Crippen molar-refractivity contribution >= 4 is 0 Å². The summed E-state index contributed by atoms with van der Waals surface area (Å²) < 4.78 is 0. The Balaban J connectivity index is 3.33. The second-order valence-corrected chi connectivity index (χ2v) is 10.2. The van der Waals surface area contributed by atoms with E-state index in [1.54, 1.807) is 0 Å². The Morgan fingerprint density at radius 2 is 0.833 bits per heavy atom. The molecule has 0 aliphatic heterocycles. The highest BCUT2D eigenvalue weighted by Gasteiger charge is 2.55. The first-order valence-corrected chi connectivity index (χ1v) is 7.70. The standard InChI is InChI=1S/C18H36/c1-15(2,3)13-14(16(4,5)6)18(9,10)12-11-17(13,7)8/h13-14H,11-12H2,1-10H3. The maximum absolute atomic E-state index is 2.50. The number of hydrogen-bond donors (Lipinski definition) is 0. The van der Waals surface area contributed by atoms with Crippen LogP contribution in [-0.4, -0.2) is 0 Å². The van der Waals surface area contributed by atoms with Gasteiger partial charge in [-0.25, -0.2) is 0 Å². The van der Waals surface area contributed by atoms with Crippen molar-refractivity contribution in [2.75, 3.05) is 0 Å². The molecule has 0 spiro atoms. The molecule has 2 atom stereocenters. The van der Waals surface area contributed by atoms with Gasteiger partial charge in [-0.1, -0.05) is 69.2 Å². The summed E-state index contributed by atoms with van der Waals surface area (Å²) in [5.41, 5.74) is 1.70. The maximum atomic E-state index is 2.50. The van der Waals surface area contributed by atoms with Crippen LogP contribution in [0.1, 0.15) is 82.1 Å². The van der Waals surface area contributed by atoms with E-state index in [2.05, 4.69) is 69.2 Å². The molecule has 0 amide bonds. The van der Waals surface area contributed by atoms with Crippen molar-refractivity contribution in [3.63, 3.8) is 0 Å². The molecule has 0 aromatic rings. The molecule has 0 radical (unpaired) electrons. The van der Waals surface area contributed by atoms with Gasteiger partial charge in [0.15, 0.2) is 0 Å². The van der Waals surface area contributed by atoms with Gasteiger partial charge in [0, 0.05) is 0 Å². The van der Waals surface area contributed by atoms with Crippen LogP contribution in [0.4, 0.5) is 0 Å². The molecule has 0 N–H and O–H groups in total. The molecule has 0 heterocycles. The van der Waals surface area contributed by atoms with Gasteiger partial charge in [-0.15, -0.1) is 0 Å². The Bertz CT molecular complexity index is 261. The van der Waals surface area contributed by atoms with Crippen LogP contribution in [0.15, 0.2) is 0 Å². The summed E-state index contributed by atoms with van der Waals surface area (Å²) in [6, 6.07) is 0. The average Bonchev–Trinajstić information content (AvgIpc) is 2.05. The predicted molar refractivity (Wildman–Crippen MR) is 82.7 cm³/mol. The SMILES string of the molecule is CC(C)(C)C1C(C(C)(C)C)C(C)(C)CCC1(C)C. The van der Waals surface area contributed by atoms with Crippen LogP contribution in [0.2, 0.25) is 0 Å². The number of rotatable bonds is 0. The maximum Gasteiger partial charge on any atom is -0.0275 e. The van der Waals surface area contributed by atoms with Crippen LogP contribution in [-0.2, 0) is 0 Å². The zero-order valence-corrected chi connectivity index (χ0v) is 14.6. The van der Waals surface area contributed by atoms with Gasteiger partial charge in [0.25, 0.3) is 0 Å². The molecule has 1 fully saturated rings. The van der Waals surface area contributed by atoms with E-state index in [1.165, 1.54) is 12.8 Å². The molecule has 2 unspecified atom stereocenters. The van der Waals surface area contributed by atoms with Crippen molar-refractivity contribution in [1.29, 1.82) is 0 Å². The minimum atomic E-state index is 0.388. The molecule has 0 aromatic heterocycles. The van der Waals surface area contributed by atoms with E-state index in [9.17, 15) is 0 Å². The van der Waals surface area contributed by atoms with Crippen molar-refractivity contribution in [3.05, 3.63) is 0 Å². The van der Waals surface area contributed by atoms with Gasteiger partial charge in [0.05, 0.1) is 0 Å². The molecule has 1 aliphatic rings. The predicted octanol–water partition coefficient (Wildman–Crippen LogP) is 6.16. The lowest BCUT2D eigenvalue weighted by atomic mass is 9.44. The normalized spacial score (nSPS) is 32.3. The second kappa shape index (κ2) is 4.25. The van der Waals surface area contributed by atoms with E-state index in [4.69, 9.17) is 0 Å². The lowest BCUT2D eigenvalue weighted by molar-refractivity contribution is -0.121. The van der Waals surface area contributed by atoms with E-state index in [0.717, 1.165) is 11.8 Å². The van der Waals surface area contributed by atoms with E-state index in [0.29, 0.717) is 21.7 Å². The Morgan fingerprint density at radius 3 is 1.00 bits per heavy atom. The van der Waals surface area contributed by atoms with Crippen LogP contribution in [0.3, 0.4) is 0 Å². The summed E-state index contributed by atoms with van der Waals surface area (Å²) in [6.07, 6.45) is 2.74. The molecule has 0 aromatic carbocycles. The van der Waals surface area contributed by atoms with E-state index in [1.807, 2.05) is 0 Å². The summed E-state index contributed by atoms with van der Waals surface area (Å²) >= 11 is 0. The molecule has 0 nitrogen and oxygen atoms in total. The molecule has 108 valence electrons.